The SMILES string of the molecule is Cc1ccc(-c2cc(-c3ccc(Cl)cc3)c(C#N)c(SCC(=O)NCc3ccccc3)n2)cc1. The number of benzene rings is 3. The first-order valence-electron chi connectivity index (χ1n) is 10.7. The number of nitriles is 1. The van der Waals surface area contributed by atoms with E-state index in [1.807, 2.05) is 79.7 Å². The summed E-state index contributed by atoms with van der Waals surface area (Å²) < 4.78 is 0. The maximum absolute atomic E-state index is 12.5. The van der Waals surface area contributed by atoms with Crippen LogP contribution < -0.4 is 5.32 Å². The van der Waals surface area contributed by atoms with Crippen molar-refractivity contribution in [3.05, 3.63) is 107 Å². The van der Waals surface area contributed by atoms with E-state index in [0.717, 1.165) is 33.5 Å². The number of hydrogen-bond acceptors (Lipinski definition) is 4. The molecule has 1 aromatic heterocycles. The third kappa shape index (κ3) is 5.85. The van der Waals surface area contributed by atoms with Crippen LogP contribution in [0, 0.1) is 18.3 Å². The van der Waals surface area contributed by atoms with Crippen molar-refractivity contribution in [1.29, 1.82) is 5.26 Å². The van der Waals surface area contributed by atoms with E-state index in [1.54, 1.807) is 12.1 Å². The number of rotatable bonds is 7. The van der Waals surface area contributed by atoms with E-state index in [9.17, 15) is 10.1 Å². The fourth-order valence-electron chi connectivity index (χ4n) is 3.44. The number of aromatic nitrogens is 1. The van der Waals surface area contributed by atoms with Crippen LogP contribution in [-0.2, 0) is 11.3 Å². The van der Waals surface area contributed by atoms with E-state index in [2.05, 4.69) is 11.4 Å². The zero-order valence-electron chi connectivity index (χ0n) is 18.6. The summed E-state index contributed by atoms with van der Waals surface area (Å²) in [5.74, 6) is 0.0414. The van der Waals surface area contributed by atoms with Crippen molar-refractivity contribution >= 4 is 29.3 Å². The maximum Gasteiger partial charge on any atom is 0.230 e. The zero-order chi connectivity index (χ0) is 23.9. The third-order valence-corrected chi connectivity index (χ3v) is 6.50. The minimum Gasteiger partial charge on any atom is -0.351 e. The normalized spacial score (nSPS) is 10.5. The molecule has 168 valence electrons. The van der Waals surface area contributed by atoms with E-state index in [1.165, 1.54) is 11.8 Å². The summed E-state index contributed by atoms with van der Waals surface area (Å²) in [4.78, 5) is 17.3. The molecule has 0 unspecified atom stereocenters. The molecule has 0 aliphatic rings. The lowest BCUT2D eigenvalue weighted by Crippen LogP contribution is -2.24. The van der Waals surface area contributed by atoms with E-state index < -0.39 is 0 Å². The van der Waals surface area contributed by atoms with Crippen molar-refractivity contribution in [3.8, 4) is 28.5 Å². The second-order valence-corrected chi connectivity index (χ2v) is 9.17. The molecule has 0 fully saturated rings. The van der Waals surface area contributed by atoms with Crippen molar-refractivity contribution in [2.75, 3.05) is 5.75 Å². The second kappa shape index (κ2) is 11.0. The second-order valence-electron chi connectivity index (χ2n) is 7.77. The Labute approximate surface area is 208 Å². The van der Waals surface area contributed by atoms with Gasteiger partial charge in [0.1, 0.15) is 11.1 Å². The van der Waals surface area contributed by atoms with E-state index in [4.69, 9.17) is 16.6 Å². The Bertz CT molecular complexity index is 1330. The van der Waals surface area contributed by atoms with Crippen molar-refractivity contribution in [1.82, 2.24) is 10.3 Å². The molecule has 1 amide bonds. The van der Waals surface area contributed by atoms with Crippen LogP contribution in [0.5, 0.6) is 0 Å². The molecule has 4 nitrogen and oxygen atoms in total. The lowest BCUT2D eigenvalue weighted by Gasteiger charge is -2.13. The minimum absolute atomic E-state index is 0.117. The van der Waals surface area contributed by atoms with Gasteiger partial charge in [0, 0.05) is 22.7 Å². The van der Waals surface area contributed by atoms with Crippen molar-refractivity contribution in [2.24, 2.45) is 0 Å². The van der Waals surface area contributed by atoms with Crippen LogP contribution in [0.25, 0.3) is 22.4 Å². The molecule has 0 bridgehead atoms. The van der Waals surface area contributed by atoms with Gasteiger partial charge in [-0.2, -0.15) is 5.26 Å². The van der Waals surface area contributed by atoms with Crippen LogP contribution in [-0.4, -0.2) is 16.6 Å². The van der Waals surface area contributed by atoms with Crippen LogP contribution in [0.4, 0.5) is 0 Å². The van der Waals surface area contributed by atoms with Crippen molar-refractivity contribution in [2.45, 2.75) is 18.5 Å². The number of carbonyl (C=O) groups is 1. The first-order chi connectivity index (χ1) is 16.5. The molecule has 6 heteroatoms. The number of aryl methyl sites for hydroxylation is 1. The predicted octanol–water partition coefficient (Wildman–Crippen LogP) is 6.66. The zero-order valence-corrected chi connectivity index (χ0v) is 20.2. The third-order valence-electron chi connectivity index (χ3n) is 5.27. The summed E-state index contributed by atoms with van der Waals surface area (Å²) in [7, 11) is 0. The topological polar surface area (TPSA) is 65.8 Å². The Balaban J connectivity index is 1.64. The smallest absolute Gasteiger partial charge is 0.230 e. The molecule has 0 atom stereocenters. The number of halogens is 1. The molecule has 0 radical (unpaired) electrons. The van der Waals surface area contributed by atoms with Gasteiger partial charge in [0.05, 0.1) is 17.0 Å². The summed E-state index contributed by atoms with van der Waals surface area (Å²) in [6.45, 7) is 2.49. The van der Waals surface area contributed by atoms with Gasteiger partial charge in [-0.05, 0) is 36.2 Å². The van der Waals surface area contributed by atoms with E-state index >= 15 is 0 Å². The molecule has 1 N–H and O–H groups in total. The number of nitrogens with zero attached hydrogens (tertiary/aromatic N) is 2. The number of hydrogen-bond donors (Lipinski definition) is 1. The summed E-state index contributed by atoms with van der Waals surface area (Å²) >= 11 is 7.35. The van der Waals surface area contributed by atoms with Crippen LogP contribution in [0.1, 0.15) is 16.7 Å². The summed E-state index contributed by atoms with van der Waals surface area (Å²) in [6, 6.07) is 29.4. The van der Waals surface area contributed by atoms with Gasteiger partial charge in [-0.1, -0.05) is 95.7 Å². The van der Waals surface area contributed by atoms with E-state index in [0.29, 0.717) is 22.2 Å². The molecule has 0 saturated carbocycles. The minimum atomic E-state index is -0.117. The van der Waals surface area contributed by atoms with Gasteiger partial charge in [-0.3, -0.25) is 4.79 Å². The highest BCUT2D eigenvalue weighted by atomic mass is 35.5. The van der Waals surface area contributed by atoms with E-state index in [-0.39, 0.29) is 11.7 Å². The summed E-state index contributed by atoms with van der Waals surface area (Å²) in [5.41, 5.74) is 5.95. The monoisotopic (exact) mass is 483 g/mol. The lowest BCUT2D eigenvalue weighted by atomic mass is 9.99. The molecule has 0 aliphatic heterocycles. The Morgan fingerprint density at radius 3 is 2.35 bits per heavy atom. The Morgan fingerprint density at radius 1 is 1.00 bits per heavy atom. The average Bonchev–Trinajstić information content (AvgIpc) is 2.87. The van der Waals surface area contributed by atoms with Crippen LogP contribution in [0.3, 0.4) is 0 Å². The van der Waals surface area contributed by atoms with Gasteiger partial charge in [-0.15, -0.1) is 0 Å². The number of carbonyl (C=O) groups excluding carboxylic acids is 1. The largest absolute Gasteiger partial charge is 0.351 e. The number of thioether (sulfide) groups is 1. The standard InChI is InChI=1S/C28H22ClN3OS/c1-19-7-9-22(10-8-19)26-15-24(21-11-13-23(29)14-12-21)25(16-30)28(32-26)34-18-27(33)31-17-20-5-3-2-4-6-20/h2-15H,17-18H2,1H3,(H,31,33). The molecule has 4 rings (SSSR count). The van der Waals surface area contributed by atoms with Crippen molar-refractivity contribution < 1.29 is 4.79 Å². The molecule has 0 saturated heterocycles. The Hall–Kier alpha value is -3.59. The first-order valence-corrected chi connectivity index (χ1v) is 12.1. The van der Waals surface area contributed by atoms with Gasteiger partial charge < -0.3 is 5.32 Å². The molecule has 3 aromatic carbocycles. The molecule has 4 aromatic rings. The molecule has 34 heavy (non-hydrogen) atoms. The van der Waals surface area contributed by atoms with Gasteiger partial charge in [0.2, 0.25) is 5.91 Å². The molecule has 0 spiro atoms. The summed E-state index contributed by atoms with van der Waals surface area (Å²) in [6.07, 6.45) is 0. The van der Waals surface area contributed by atoms with Gasteiger partial charge in [0.15, 0.2) is 0 Å². The molecule has 1 heterocycles. The van der Waals surface area contributed by atoms with Crippen LogP contribution >= 0.6 is 23.4 Å². The number of nitrogens with one attached hydrogen (secondary N) is 1. The molecular formula is C28H22ClN3OS. The quantitative estimate of drug-likeness (QED) is 0.298. The molecular weight excluding hydrogens is 462 g/mol. The average molecular weight is 484 g/mol. The predicted molar refractivity (Wildman–Crippen MR) is 139 cm³/mol. The lowest BCUT2D eigenvalue weighted by molar-refractivity contribution is -0.118. The fraction of sp³-hybridized carbons (Fsp3) is 0.107. The first kappa shape index (κ1) is 23.6. The Kier molecular flexibility index (Phi) is 7.64. The highest BCUT2D eigenvalue weighted by molar-refractivity contribution is 8.00. The number of pyridine rings is 1. The van der Waals surface area contributed by atoms with Gasteiger partial charge in [-0.25, -0.2) is 4.98 Å². The van der Waals surface area contributed by atoms with Crippen LogP contribution in [0.15, 0.2) is 90.0 Å². The highest BCUT2D eigenvalue weighted by Crippen LogP contribution is 2.34. The summed E-state index contributed by atoms with van der Waals surface area (Å²) in [5, 5.41) is 14.1. The van der Waals surface area contributed by atoms with Crippen LogP contribution in [0.2, 0.25) is 5.02 Å². The van der Waals surface area contributed by atoms with Crippen molar-refractivity contribution in [3.63, 3.8) is 0 Å². The molecule has 0 aliphatic carbocycles. The van der Waals surface area contributed by atoms with Gasteiger partial charge in [0.25, 0.3) is 0 Å². The highest BCUT2D eigenvalue weighted by Gasteiger charge is 2.17. The maximum atomic E-state index is 12.5. The number of amides is 1. The fourth-order valence-corrected chi connectivity index (χ4v) is 4.40. The van der Waals surface area contributed by atoms with Gasteiger partial charge >= 0.3 is 0 Å². The Morgan fingerprint density at radius 2 is 1.68 bits per heavy atom.